The van der Waals surface area contributed by atoms with Crippen molar-refractivity contribution in [2.75, 3.05) is 13.7 Å². The van der Waals surface area contributed by atoms with Crippen LogP contribution in [0, 0.1) is 5.92 Å². The molecular formula is C15H22N2O. The van der Waals surface area contributed by atoms with Gasteiger partial charge in [-0.25, -0.2) is 0 Å². The van der Waals surface area contributed by atoms with Crippen LogP contribution in [0.5, 0.6) is 0 Å². The predicted molar refractivity (Wildman–Crippen MR) is 74.9 cm³/mol. The molecule has 0 amide bonds. The van der Waals surface area contributed by atoms with Gasteiger partial charge in [-0.2, -0.15) is 0 Å². The van der Waals surface area contributed by atoms with Crippen molar-refractivity contribution in [2.24, 2.45) is 16.6 Å². The molecule has 0 saturated heterocycles. The van der Waals surface area contributed by atoms with Gasteiger partial charge in [-0.1, -0.05) is 24.3 Å². The van der Waals surface area contributed by atoms with Gasteiger partial charge in [0.2, 0.25) is 0 Å². The molecule has 1 saturated carbocycles. The molecule has 0 atom stereocenters. The van der Waals surface area contributed by atoms with Crippen molar-refractivity contribution in [3.05, 3.63) is 35.4 Å². The summed E-state index contributed by atoms with van der Waals surface area (Å²) in [6, 6.07) is 8.29. The minimum Gasteiger partial charge on any atom is -0.396 e. The molecule has 0 aromatic heterocycles. The molecule has 0 unspecified atom stereocenters. The van der Waals surface area contributed by atoms with Gasteiger partial charge in [-0.3, -0.25) is 4.99 Å². The summed E-state index contributed by atoms with van der Waals surface area (Å²) in [5.41, 5.74) is 8.36. The smallest absolute Gasteiger partial charge is 0.125 e. The van der Waals surface area contributed by atoms with E-state index < -0.39 is 0 Å². The second kappa shape index (κ2) is 6.01. The van der Waals surface area contributed by atoms with E-state index in [0.29, 0.717) is 24.3 Å². The van der Waals surface area contributed by atoms with Gasteiger partial charge >= 0.3 is 0 Å². The Labute approximate surface area is 109 Å². The number of aliphatic imine (C=N–C) groups is 1. The number of rotatable bonds is 3. The van der Waals surface area contributed by atoms with Crippen LogP contribution in [0.1, 0.15) is 42.7 Å². The van der Waals surface area contributed by atoms with Gasteiger partial charge in [0, 0.05) is 19.2 Å². The van der Waals surface area contributed by atoms with Crippen LogP contribution in [0.2, 0.25) is 0 Å². The Morgan fingerprint density at radius 1 is 1.28 bits per heavy atom. The lowest BCUT2D eigenvalue weighted by atomic mass is 9.77. The Bertz CT molecular complexity index is 420. The molecule has 1 aliphatic rings. The molecule has 98 valence electrons. The van der Waals surface area contributed by atoms with Crippen LogP contribution in [0.4, 0.5) is 0 Å². The zero-order chi connectivity index (χ0) is 13.0. The fourth-order valence-corrected chi connectivity index (χ4v) is 2.86. The highest BCUT2D eigenvalue weighted by Crippen LogP contribution is 2.36. The van der Waals surface area contributed by atoms with Crippen LogP contribution in [-0.4, -0.2) is 24.6 Å². The standard InChI is InChI=1S/C15H22N2O/c1-17-15(16)14-5-3-2-4-13(14)12-8-6-11(10-18)7-9-12/h2-5,11-12,18H,6-10H2,1H3,(H2,16,17). The van der Waals surface area contributed by atoms with Crippen molar-refractivity contribution in [3.8, 4) is 0 Å². The van der Waals surface area contributed by atoms with E-state index in [-0.39, 0.29) is 0 Å². The maximum atomic E-state index is 9.19. The topological polar surface area (TPSA) is 58.6 Å². The largest absolute Gasteiger partial charge is 0.396 e. The molecule has 1 aromatic carbocycles. The van der Waals surface area contributed by atoms with Crippen LogP contribution >= 0.6 is 0 Å². The van der Waals surface area contributed by atoms with E-state index in [1.807, 2.05) is 6.07 Å². The fourth-order valence-electron chi connectivity index (χ4n) is 2.86. The quantitative estimate of drug-likeness (QED) is 0.635. The van der Waals surface area contributed by atoms with Crippen molar-refractivity contribution >= 4 is 5.84 Å². The molecule has 1 fully saturated rings. The summed E-state index contributed by atoms with van der Waals surface area (Å²) in [6.07, 6.45) is 4.50. The van der Waals surface area contributed by atoms with Gasteiger partial charge in [-0.15, -0.1) is 0 Å². The summed E-state index contributed by atoms with van der Waals surface area (Å²) in [7, 11) is 1.73. The fraction of sp³-hybridized carbons (Fsp3) is 0.533. The molecule has 18 heavy (non-hydrogen) atoms. The molecule has 1 aromatic rings. The number of hydrogen-bond acceptors (Lipinski definition) is 2. The number of amidine groups is 1. The Morgan fingerprint density at radius 3 is 2.56 bits per heavy atom. The molecule has 1 aliphatic carbocycles. The van der Waals surface area contributed by atoms with E-state index in [0.717, 1.165) is 31.2 Å². The Balaban J connectivity index is 2.19. The van der Waals surface area contributed by atoms with Crippen molar-refractivity contribution in [1.82, 2.24) is 0 Å². The van der Waals surface area contributed by atoms with Gasteiger partial charge < -0.3 is 10.8 Å². The monoisotopic (exact) mass is 246 g/mol. The third-order valence-corrected chi connectivity index (χ3v) is 4.02. The third kappa shape index (κ3) is 2.72. The normalized spacial score (nSPS) is 25.1. The number of hydrogen-bond donors (Lipinski definition) is 2. The first kappa shape index (κ1) is 13.1. The molecule has 0 bridgehead atoms. The average molecular weight is 246 g/mol. The lowest BCUT2D eigenvalue weighted by molar-refractivity contribution is 0.182. The third-order valence-electron chi connectivity index (χ3n) is 4.02. The molecule has 3 heteroatoms. The Kier molecular flexibility index (Phi) is 4.37. The average Bonchev–Trinajstić information content (AvgIpc) is 2.46. The maximum Gasteiger partial charge on any atom is 0.125 e. The van der Waals surface area contributed by atoms with E-state index >= 15 is 0 Å². The maximum absolute atomic E-state index is 9.19. The first-order valence-corrected chi connectivity index (χ1v) is 6.68. The summed E-state index contributed by atoms with van der Waals surface area (Å²) in [5.74, 6) is 1.67. The minimum atomic E-state index is 0.326. The number of nitrogens with zero attached hydrogens (tertiary/aromatic N) is 1. The summed E-state index contributed by atoms with van der Waals surface area (Å²) in [4.78, 5) is 4.10. The van der Waals surface area contributed by atoms with Crippen molar-refractivity contribution < 1.29 is 5.11 Å². The van der Waals surface area contributed by atoms with E-state index in [9.17, 15) is 5.11 Å². The highest BCUT2D eigenvalue weighted by molar-refractivity contribution is 5.98. The molecule has 0 radical (unpaired) electrons. The molecule has 0 heterocycles. The van der Waals surface area contributed by atoms with Gasteiger partial charge in [0.25, 0.3) is 0 Å². The first-order chi connectivity index (χ1) is 8.76. The van der Waals surface area contributed by atoms with E-state index in [1.165, 1.54) is 5.56 Å². The van der Waals surface area contributed by atoms with Gasteiger partial charge in [0.05, 0.1) is 0 Å². The van der Waals surface area contributed by atoms with Crippen LogP contribution < -0.4 is 5.73 Å². The van der Waals surface area contributed by atoms with Crippen LogP contribution in [-0.2, 0) is 0 Å². The lowest BCUT2D eigenvalue weighted by Gasteiger charge is -2.28. The first-order valence-electron chi connectivity index (χ1n) is 6.68. The summed E-state index contributed by atoms with van der Waals surface area (Å²) in [5, 5.41) is 9.19. The van der Waals surface area contributed by atoms with Crippen molar-refractivity contribution in [1.29, 1.82) is 0 Å². The number of nitrogens with two attached hydrogens (primary N) is 1. The molecule has 0 aliphatic heterocycles. The zero-order valence-electron chi connectivity index (χ0n) is 11.0. The highest BCUT2D eigenvalue weighted by atomic mass is 16.3. The van der Waals surface area contributed by atoms with Gasteiger partial charge in [0.15, 0.2) is 0 Å². The van der Waals surface area contributed by atoms with Gasteiger partial charge in [-0.05, 0) is 43.1 Å². The molecule has 3 N–H and O–H groups in total. The molecule has 3 nitrogen and oxygen atoms in total. The Morgan fingerprint density at radius 2 is 1.94 bits per heavy atom. The van der Waals surface area contributed by atoms with E-state index in [1.54, 1.807) is 7.05 Å². The van der Waals surface area contributed by atoms with Gasteiger partial charge in [0.1, 0.15) is 5.84 Å². The summed E-state index contributed by atoms with van der Waals surface area (Å²) >= 11 is 0. The van der Waals surface area contributed by atoms with E-state index in [4.69, 9.17) is 5.73 Å². The second-order valence-corrected chi connectivity index (χ2v) is 5.10. The molecule has 0 spiro atoms. The highest BCUT2D eigenvalue weighted by Gasteiger charge is 2.23. The number of aliphatic hydroxyl groups is 1. The Hall–Kier alpha value is -1.35. The van der Waals surface area contributed by atoms with Crippen molar-refractivity contribution in [3.63, 3.8) is 0 Å². The van der Waals surface area contributed by atoms with Crippen LogP contribution in [0.25, 0.3) is 0 Å². The molecular weight excluding hydrogens is 224 g/mol. The lowest BCUT2D eigenvalue weighted by Crippen LogP contribution is -2.20. The van der Waals surface area contributed by atoms with E-state index in [2.05, 4.69) is 23.2 Å². The summed E-state index contributed by atoms with van der Waals surface area (Å²) < 4.78 is 0. The van der Waals surface area contributed by atoms with Crippen molar-refractivity contribution in [2.45, 2.75) is 31.6 Å². The summed E-state index contributed by atoms with van der Waals surface area (Å²) in [6.45, 7) is 0.326. The van der Waals surface area contributed by atoms with Crippen LogP contribution in [0.3, 0.4) is 0 Å². The number of benzene rings is 1. The molecule has 2 rings (SSSR count). The minimum absolute atomic E-state index is 0.326. The predicted octanol–water partition coefficient (Wildman–Crippen LogP) is 2.29. The number of aliphatic hydroxyl groups excluding tert-OH is 1. The van der Waals surface area contributed by atoms with Crippen LogP contribution in [0.15, 0.2) is 29.3 Å². The zero-order valence-corrected chi connectivity index (χ0v) is 11.0. The second-order valence-electron chi connectivity index (χ2n) is 5.10. The SMILES string of the molecule is CN=C(N)c1ccccc1C1CCC(CO)CC1.